The lowest BCUT2D eigenvalue weighted by atomic mass is 10.1. The second-order valence-corrected chi connectivity index (χ2v) is 15.4. The van der Waals surface area contributed by atoms with E-state index in [1.165, 1.54) is 31.8 Å². The van der Waals surface area contributed by atoms with Crippen LogP contribution in [0.2, 0.25) is 0 Å². The lowest BCUT2D eigenvalue weighted by molar-refractivity contribution is 0.0682. The molecular weight excluding hydrogens is 705 g/mol. The standard InChI is InChI=1S/2C18H15P.C7HF5O2/c2*1-4-10-16(11-5-1)19(17-12-6-2-7-13-17)18-14-8-3-9-15-18;8-2-1(7(13)14)3(9)5(11)6(12)4(2)10/h2*1-15H;(H,13,14). The lowest BCUT2D eigenvalue weighted by Gasteiger charge is -2.18. The Morgan fingerprint density at radius 3 is 0.673 bits per heavy atom. The predicted octanol–water partition coefficient (Wildman–Crippen LogP) is 8.97. The third-order valence-corrected chi connectivity index (χ3v) is 12.4. The van der Waals surface area contributed by atoms with Crippen molar-refractivity contribution in [1.29, 1.82) is 0 Å². The van der Waals surface area contributed by atoms with Crippen LogP contribution in [0.15, 0.2) is 182 Å². The summed E-state index contributed by atoms with van der Waals surface area (Å²) in [5, 5.41) is 16.5. The molecule has 0 spiro atoms. The van der Waals surface area contributed by atoms with Crippen molar-refractivity contribution in [3.63, 3.8) is 0 Å². The first-order chi connectivity index (χ1) is 25.3. The van der Waals surface area contributed by atoms with Gasteiger partial charge in [0.15, 0.2) is 23.3 Å². The molecule has 7 rings (SSSR count). The van der Waals surface area contributed by atoms with E-state index in [4.69, 9.17) is 5.11 Å². The zero-order chi connectivity index (χ0) is 36.9. The zero-order valence-corrected chi connectivity index (χ0v) is 29.2. The van der Waals surface area contributed by atoms with Gasteiger partial charge in [0.1, 0.15) is 5.56 Å². The molecule has 0 atom stereocenters. The Hall–Kier alpha value is -5.48. The molecule has 0 aliphatic rings. The van der Waals surface area contributed by atoms with Gasteiger partial charge in [0, 0.05) is 0 Å². The van der Waals surface area contributed by atoms with Crippen molar-refractivity contribution in [2.24, 2.45) is 0 Å². The van der Waals surface area contributed by atoms with E-state index >= 15 is 0 Å². The third kappa shape index (κ3) is 9.44. The quantitative estimate of drug-likeness (QED) is 0.0769. The van der Waals surface area contributed by atoms with Crippen LogP contribution in [0.25, 0.3) is 0 Å². The van der Waals surface area contributed by atoms with Crippen LogP contribution in [-0.4, -0.2) is 11.1 Å². The molecule has 52 heavy (non-hydrogen) atoms. The van der Waals surface area contributed by atoms with Crippen molar-refractivity contribution in [2.45, 2.75) is 0 Å². The molecule has 0 heterocycles. The van der Waals surface area contributed by atoms with Gasteiger partial charge in [-0.2, -0.15) is 0 Å². The minimum atomic E-state index is -2.38. The van der Waals surface area contributed by atoms with Crippen LogP contribution in [0, 0.1) is 29.1 Å². The molecule has 0 radical (unpaired) electrons. The minimum absolute atomic E-state index is 0.446. The maximum atomic E-state index is 12.6. The second-order valence-electron chi connectivity index (χ2n) is 10.9. The molecule has 0 aromatic heterocycles. The smallest absolute Gasteiger partial charge is 0.341 e. The monoisotopic (exact) mass is 736 g/mol. The molecule has 0 aliphatic carbocycles. The van der Waals surface area contributed by atoms with Gasteiger partial charge in [-0.05, 0) is 47.7 Å². The van der Waals surface area contributed by atoms with Gasteiger partial charge in [-0.25, -0.2) is 26.7 Å². The summed E-state index contributed by atoms with van der Waals surface area (Å²) in [5.74, 6) is -13.9. The van der Waals surface area contributed by atoms with Crippen molar-refractivity contribution >= 4 is 53.6 Å². The van der Waals surface area contributed by atoms with Gasteiger partial charge in [-0.3, -0.25) is 0 Å². The molecular formula is C43H31F5O2P2. The Kier molecular flexibility index (Phi) is 13.6. The Morgan fingerprint density at radius 2 is 0.500 bits per heavy atom. The highest BCUT2D eigenvalue weighted by Crippen LogP contribution is 2.33. The summed E-state index contributed by atoms with van der Waals surface area (Å²) in [6.07, 6.45) is 0. The van der Waals surface area contributed by atoms with Crippen LogP contribution >= 0.6 is 15.8 Å². The van der Waals surface area contributed by atoms with Gasteiger partial charge < -0.3 is 5.11 Å². The topological polar surface area (TPSA) is 37.3 Å². The SMILES string of the molecule is O=C(O)c1c(F)c(F)c(F)c(F)c1F.c1ccc(P(c2ccccc2)c2ccccc2)cc1.c1ccc(P(c2ccccc2)c2ccccc2)cc1. The van der Waals surface area contributed by atoms with Crippen LogP contribution in [0.1, 0.15) is 10.4 Å². The van der Waals surface area contributed by atoms with Crippen LogP contribution < -0.4 is 31.8 Å². The van der Waals surface area contributed by atoms with Crippen molar-refractivity contribution < 1.29 is 31.9 Å². The number of carboxylic acids is 1. The molecule has 0 unspecified atom stereocenters. The summed E-state index contributed by atoms with van der Waals surface area (Å²) in [7, 11) is -0.892. The first kappa shape index (κ1) is 37.8. The first-order valence-corrected chi connectivity index (χ1v) is 18.6. The van der Waals surface area contributed by atoms with Crippen LogP contribution in [0.3, 0.4) is 0 Å². The van der Waals surface area contributed by atoms with E-state index in [9.17, 15) is 26.7 Å². The Morgan fingerprint density at radius 1 is 0.327 bits per heavy atom. The van der Waals surface area contributed by atoms with E-state index < -0.39 is 56.5 Å². The fourth-order valence-electron chi connectivity index (χ4n) is 5.15. The van der Waals surface area contributed by atoms with E-state index in [1.54, 1.807) is 0 Å². The molecule has 2 nitrogen and oxygen atoms in total. The van der Waals surface area contributed by atoms with Gasteiger partial charge in [0.2, 0.25) is 5.82 Å². The third-order valence-electron chi connectivity index (χ3n) is 7.51. The fourth-order valence-corrected chi connectivity index (χ4v) is 9.76. The normalized spacial score (nSPS) is 10.5. The minimum Gasteiger partial charge on any atom is -0.477 e. The summed E-state index contributed by atoms with van der Waals surface area (Å²) in [6, 6.07) is 64.7. The average molecular weight is 737 g/mol. The maximum Gasteiger partial charge on any atom is 0.341 e. The Bertz CT molecular complexity index is 1830. The van der Waals surface area contributed by atoms with Gasteiger partial charge >= 0.3 is 5.97 Å². The van der Waals surface area contributed by atoms with Crippen LogP contribution in [-0.2, 0) is 0 Å². The van der Waals surface area contributed by atoms with E-state index in [2.05, 4.69) is 182 Å². The molecule has 9 heteroatoms. The molecule has 0 aliphatic heterocycles. The van der Waals surface area contributed by atoms with E-state index in [-0.39, 0.29) is 0 Å². The number of hydrogen-bond donors (Lipinski definition) is 1. The van der Waals surface area contributed by atoms with E-state index in [0.29, 0.717) is 0 Å². The first-order valence-electron chi connectivity index (χ1n) is 15.9. The van der Waals surface area contributed by atoms with Crippen LogP contribution in [0.5, 0.6) is 0 Å². The number of rotatable bonds is 7. The number of hydrogen-bond acceptors (Lipinski definition) is 1. The summed E-state index contributed by atoms with van der Waals surface area (Å²) in [4.78, 5) is 10.1. The molecule has 0 amide bonds. The van der Waals surface area contributed by atoms with Crippen molar-refractivity contribution in [1.82, 2.24) is 0 Å². The summed E-state index contributed by atoms with van der Waals surface area (Å²) in [6.45, 7) is 0. The number of aromatic carboxylic acids is 1. The average Bonchev–Trinajstić information content (AvgIpc) is 3.19. The molecule has 0 fully saturated rings. The number of carbonyl (C=O) groups is 1. The molecule has 0 saturated heterocycles. The van der Waals surface area contributed by atoms with Crippen LogP contribution in [0.4, 0.5) is 22.0 Å². The number of halogens is 5. The number of carboxylic acid groups (broad SMARTS) is 1. The lowest BCUT2D eigenvalue weighted by Crippen LogP contribution is -2.20. The largest absolute Gasteiger partial charge is 0.477 e. The zero-order valence-electron chi connectivity index (χ0n) is 27.5. The molecule has 0 saturated carbocycles. The highest BCUT2D eigenvalue weighted by atomic mass is 31.1. The predicted molar refractivity (Wildman–Crippen MR) is 203 cm³/mol. The van der Waals surface area contributed by atoms with Gasteiger partial charge in [-0.1, -0.05) is 182 Å². The van der Waals surface area contributed by atoms with Gasteiger partial charge in [-0.15, -0.1) is 0 Å². The fraction of sp³-hybridized carbons (Fsp3) is 0. The maximum absolute atomic E-state index is 12.6. The van der Waals surface area contributed by atoms with E-state index in [1.807, 2.05) is 0 Å². The summed E-state index contributed by atoms with van der Waals surface area (Å²) >= 11 is 0. The Labute approximate surface area is 301 Å². The van der Waals surface area contributed by atoms with Gasteiger partial charge in [0.25, 0.3) is 0 Å². The highest BCUT2D eigenvalue weighted by Gasteiger charge is 2.29. The van der Waals surface area contributed by atoms with Crippen molar-refractivity contribution in [3.05, 3.63) is 217 Å². The summed E-state index contributed by atoms with van der Waals surface area (Å²) in [5.41, 5.74) is -1.86. The van der Waals surface area contributed by atoms with Gasteiger partial charge in [0.05, 0.1) is 0 Å². The second kappa shape index (κ2) is 18.7. The Balaban J connectivity index is 0.000000153. The molecule has 260 valence electrons. The summed E-state index contributed by atoms with van der Waals surface area (Å²) < 4.78 is 62.1. The highest BCUT2D eigenvalue weighted by molar-refractivity contribution is 7.80. The van der Waals surface area contributed by atoms with Crippen molar-refractivity contribution in [3.8, 4) is 0 Å². The molecule has 1 N–H and O–H groups in total. The van der Waals surface area contributed by atoms with Crippen molar-refractivity contribution in [2.75, 3.05) is 0 Å². The van der Waals surface area contributed by atoms with E-state index in [0.717, 1.165) is 0 Å². The molecule has 7 aromatic rings. The molecule has 0 bridgehead atoms. The number of benzene rings is 7. The molecule has 7 aromatic carbocycles.